The molecule has 35 heavy (non-hydrogen) atoms. The number of hydrogen-bond acceptors (Lipinski definition) is 12. The summed E-state index contributed by atoms with van der Waals surface area (Å²) < 4.78 is 5.15. The molecule has 0 aromatic carbocycles. The number of nitrogens with two attached hydrogens (primary N) is 1. The van der Waals surface area contributed by atoms with Crippen molar-refractivity contribution < 1.29 is 44.3 Å². The number of unbranched alkanes of at least 4 members (excludes halogenated alkanes) is 1. The van der Waals surface area contributed by atoms with Gasteiger partial charge >= 0.3 is 17.9 Å². The van der Waals surface area contributed by atoms with Crippen molar-refractivity contribution in [1.29, 1.82) is 0 Å². The molecule has 8 N–H and O–H groups in total. The molecule has 0 aromatic rings. The number of amides is 1. The summed E-state index contributed by atoms with van der Waals surface area (Å²) in [6.07, 6.45) is -0.411. The average molecular weight is 544 g/mol. The van der Waals surface area contributed by atoms with E-state index in [0.29, 0.717) is 25.1 Å². The number of carbonyl (C=O) groups excluding carboxylic acids is 1. The molecule has 2 atom stereocenters. The van der Waals surface area contributed by atoms with Crippen LogP contribution < -0.4 is 16.5 Å². The molecule has 0 aliphatic carbocycles. The molecule has 0 aliphatic rings. The fraction of sp³-hybridized carbons (Fsp3) is 0.789. The van der Waals surface area contributed by atoms with Crippen LogP contribution in [-0.4, -0.2) is 124 Å². The summed E-state index contributed by atoms with van der Waals surface area (Å²) in [5, 5.41) is 40.8. The minimum Gasteiger partial charge on any atom is -0.480 e. The Balaban J connectivity index is 4.57. The molecule has 0 aliphatic heterocycles. The molecule has 0 saturated carbocycles. The number of hydrazine groups is 1. The van der Waals surface area contributed by atoms with Gasteiger partial charge in [-0.2, -0.15) is 0 Å². The van der Waals surface area contributed by atoms with E-state index < -0.39 is 43.5 Å². The molecule has 0 aromatic heterocycles. The monoisotopic (exact) mass is 543 g/mol. The van der Waals surface area contributed by atoms with Crippen LogP contribution in [0.15, 0.2) is 0 Å². The second kappa shape index (κ2) is 20.5. The average Bonchev–Trinajstić information content (AvgIpc) is 2.75. The Morgan fingerprint density at radius 1 is 1.00 bits per heavy atom. The van der Waals surface area contributed by atoms with Crippen LogP contribution in [0.3, 0.4) is 0 Å². The number of hydrogen-bond donors (Lipinski definition) is 7. The van der Waals surface area contributed by atoms with Gasteiger partial charge in [-0.15, -0.1) is 0 Å². The summed E-state index contributed by atoms with van der Waals surface area (Å²) in [6.45, 7) is 1.41. The zero-order valence-electron chi connectivity index (χ0n) is 19.8. The van der Waals surface area contributed by atoms with Crippen LogP contribution in [0, 0.1) is 0 Å². The Labute approximate surface area is 212 Å². The normalized spacial score (nSPS) is 13.1. The van der Waals surface area contributed by atoms with Crippen LogP contribution in [0.5, 0.6) is 0 Å². The first-order chi connectivity index (χ1) is 16.5. The van der Waals surface area contributed by atoms with Crippen molar-refractivity contribution in [3.05, 3.63) is 0 Å². The van der Waals surface area contributed by atoms with Gasteiger partial charge in [-0.05, 0) is 19.3 Å². The fourth-order valence-corrected chi connectivity index (χ4v) is 4.20. The Morgan fingerprint density at radius 2 is 1.69 bits per heavy atom. The number of nitrogens with one attached hydrogen (secondary N) is 2. The van der Waals surface area contributed by atoms with E-state index in [4.69, 9.17) is 25.8 Å². The Kier molecular flexibility index (Phi) is 19.6. The van der Waals surface area contributed by atoms with E-state index in [1.54, 1.807) is 21.6 Å². The van der Waals surface area contributed by atoms with Crippen molar-refractivity contribution in [3.63, 3.8) is 0 Å². The molecule has 16 heteroatoms. The zero-order chi connectivity index (χ0) is 26.6. The third-order valence-corrected chi connectivity index (χ3v) is 6.72. The van der Waals surface area contributed by atoms with E-state index in [-0.39, 0.29) is 38.6 Å². The highest BCUT2D eigenvalue weighted by atomic mass is 33.1. The number of aliphatic hydroxyl groups excluding tert-OH is 1. The summed E-state index contributed by atoms with van der Waals surface area (Å²) in [6, 6.07) is -0.973. The summed E-state index contributed by atoms with van der Waals surface area (Å²) >= 11 is 0. The van der Waals surface area contributed by atoms with Crippen LogP contribution in [0.4, 0.5) is 0 Å². The molecular weight excluding hydrogens is 506 g/mol. The van der Waals surface area contributed by atoms with Crippen molar-refractivity contribution in [2.75, 3.05) is 57.4 Å². The lowest BCUT2D eigenvalue weighted by Gasteiger charge is -2.27. The van der Waals surface area contributed by atoms with Gasteiger partial charge in [0.05, 0.1) is 19.7 Å². The van der Waals surface area contributed by atoms with Gasteiger partial charge in [0.1, 0.15) is 12.6 Å². The molecule has 0 bridgehead atoms. The molecule has 0 fully saturated rings. The molecule has 14 nitrogen and oxygen atoms in total. The summed E-state index contributed by atoms with van der Waals surface area (Å²) in [4.78, 5) is 46.5. The molecule has 1 unspecified atom stereocenters. The van der Waals surface area contributed by atoms with Gasteiger partial charge in [0.25, 0.3) is 0 Å². The number of carboxylic acids is 3. The second-order valence-corrected chi connectivity index (χ2v) is 10.2. The first-order valence-electron chi connectivity index (χ1n) is 11.0. The van der Waals surface area contributed by atoms with Crippen molar-refractivity contribution >= 4 is 45.4 Å². The van der Waals surface area contributed by atoms with E-state index in [0.717, 1.165) is 10.8 Å². The summed E-state index contributed by atoms with van der Waals surface area (Å²) in [5.41, 5.74) is 7.87. The lowest BCUT2D eigenvalue weighted by atomic mass is 10.1. The topological polar surface area (TPSA) is 215 Å². The van der Waals surface area contributed by atoms with Crippen LogP contribution in [0.25, 0.3) is 0 Å². The largest absolute Gasteiger partial charge is 0.480 e. The maximum Gasteiger partial charge on any atom is 0.320 e. The maximum atomic E-state index is 12.1. The highest BCUT2D eigenvalue weighted by Gasteiger charge is 2.19. The Bertz CT molecular complexity index is 648. The van der Waals surface area contributed by atoms with Gasteiger partial charge in [0, 0.05) is 31.1 Å². The lowest BCUT2D eigenvalue weighted by Crippen LogP contribution is -2.52. The quantitative estimate of drug-likeness (QED) is 0.0343. The van der Waals surface area contributed by atoms with Gasteiger partial charge in [0.15, 0.2) is 0 Å². The van der Waals surface area contributed by atoms with Crippen LogP contribution in [0.2, 0.25) is 0 Å². The SMILES string of the molecule is CCSSCCNC(=O)CN(CCN(CC(=O)O)NC(O)OCCCC[C@H](N)C(=O)O)CC(=O)O. The van der Waals surface area contributed by atoms with E-state index in [1.165, 1.54) is 4.90 Å². The Hall–Kier alpha value is -1.66. The number of ether oxygens (including phenoxy) is 1. The van der Waals surface area contributed by atoms with Crippen LogP contribution >= 0.6 is 21.6 Å². The number of carboxylic acid groups (broad SMARTS) is 3. The summed E-state index contributed by atoms with van der Waals surface area (Å²) in [5.74, 6) is -2.13. The van der Waals surface area contributed by atoms with Crippen molar-refractivity contribution in [1.82, 2.24) is 20.7 Å². The molecule has 0 saturated heterocycles. The van der Waals surface area contributed by atoms with Crippen LogP contribution in [-0.2, 0) is 23.9 Å². The highest BCUT2D eigenvalue weighted by Crippen LogP contribution is 2.18. The predicted molar refractivity (Wildman–Crippen MR) is 131 cm³/mol. The van der Waals surface area contributed by atoms with E-state index in [9.17, 15) is 24.3 Å². The molecule has 204 valence electrons. The van der Waals surface area contributed by atoms with Gasteiger partial charge in [0.2, 0.25) is 12.3 Å². The molecular formula is C19H37N5O9S2. The number of carbonyl (C=O) groups is 4. The van der Waals surface area contributed by atoms with Crippen molar-refractivity contribution in [3.8, 4) is 0 Å². The molecule has 0 spiro atoms. The molecule has 0 radical (unpaired) electrons. The second-order valence-electron chi connectivity index (χ2n) is 7.29. The first-order valence-corrected chi connectivity index (χ1v) is 13.5. The number of aliphatic carboxylic acids is 3. The maximum absolute atomic E-state index is 12.1. The molecule has 0 heterocycles. The molecule has 1 amide bonds. The van der Waals surface area contributed by atoms with E-state index in [1.807, 2.05) is 6.92 Å². The number of rotatable bonds is 23. The number of aliphatic hydroxyl groups is 1. The smallest absolute Gasteiger partial charge is 0.320 e. The van der Waals surface area contributed by atoms with E-state index in [2.05, 4.69) is 10.7 Å². The van der Waals surface area contributed by atoms with Gasteiger partial charge in [-0.3, -0.25) is 24.1 Å². The fourth-order valence-electron chi connectivity index (χ4n) is 2.63. The highest BCUT2D eigenvalue weighted by molar-refractivity contribution is 8.76. The van der Waals surface area contributed by atoms with Gasteiger partial charge in [-0.25, -0.2) is 10.4 Å². The minimum atomic E-state index is -1.54. The first kappa shape index (κ1) is 33.3. The zero-order valence-corrected chi connectivity index (χ0v) is 21.4. The van der Waals surface area contributed by atoms with Gasteiger partial charge in [-0.1, -0.05) is 28.5 Å². The molecule has 0 rings (SSSR count). The van der Waals surface area contributed by atoms with E-state index >= 15 is 0 Å². The summed E-state index contributed by atoms with van der Waals surface area (Å²) in [7, 11) is 3.29. The van der Waals surface area contributed by atoms with Crippen molar-refractivity contribution in [2.45, 2.75) is 38.6 Å². The minimum absolute atomic E-state index is 0.0241. The third-order valence-electron chi connectivity index (χ3n) is 4.24. The number of nitrogens with zero attached hydrogens (tertiary/aromatic N) is 2. The van der Waals surface area contributed by atoms with Crippen molar-refractivity contribution in [2.24, 2.45) is 5.73 Å². The van der Waals surface area contributed by atoms with Crippen LogP contribution in [0.1, 0.15) is 26.2 Å². The lowest BCUT2D eigenvalue weighted by molar-refractivity contribution is -0.164. The predicted octanol–water partition coefficient (Wildman–Crippen LogP) is -1.34. The Morgan fingerprint density at radius 3 is 2.29 bits per heavy atom. The third kappa shape index (κ3) is 20.3. The standard InChI is InChI=1S/C19H37N5O9S2/c1-2-34-35-10-6-21-15(25)11-23(12-16(26)27)7-8-24(13-17(28)29)22-19(32)33-9-4-3-5-14(20)18(30)31/h14,19,22,32H,2-13,20H2,1H3,(H,21,25)(H,26,27)(H,28,29)(H,30,31)/t14-,19?/m0/s1. The van der Waals surface area contributed by atoms with Gasteiger partial charge < -0.3 is 36.2 Å².